The van der Waals surface area contributed by atoms with Crippen LogP contribution in [0.25, 0.3) is 10.8 Å². The minimum atomic E-state index is -0.599. The quantitative estimate of drug-likeness (QED) is 0.625. The number of benzene rings is 3. The lowest BCUT2D eigenvalue weighted by Gasteiger charge is -2.17. The van der Waals surface area contributed by atoms with E-state index in [9.17, 15) is 10.2 Å². The van der Waals surface area contributed by atoms with Crippen molar-refractivity contribution in [2.75, 3.05) is 13.2 Å². The van der Waals surface area contributed by atoms with E-state index in [1.807, 2.05) is 60.7 Å². The van der Waals surface area contributed by atoms with Crippen LogP contribution in [-0.2, 0) is 0 Å². The smallest absolute Gasteiger partial charge is 0.169 e. The molecule has 5 heteroatoms. The third-order valence-electron chi connectivity index (χ3n) is 3.84. The van der Waals surface area contributed by atoms with Crippen molar-refractivity contribution in [3.63, 3.8) is 0 Å². The Morgan fingerprint density at radius 1 is 0.778 bits per heavy atom. The minimum absolute atomic E-state index is 0.157. The number of ether oxygens (including phenoxy) is 3. The van der Waals surface area contributed by atoms with Gasteiger partial charge in [-0.3, -0.25) is 0 Å². The maximum atomic E-state index is 9.62. The van der Waals surface area contributed by atoms with E-state index in [0.717, 1.165) is 10.8 Å². The fourth-order valence-corrected chi connectivity index (χ4v) is 2.61. The fourth-order valence-electron chi connectivity index (χ4n) is 2.61. The SMILES string of the molecule is CC(O)COc1ccc2c(OCC(C)O)c(Oc3ccccc3)ccc2c1. The average molecular weight is 368 g/mol. The summed E-state index contributed by atoms with van der Waals surface area (Å²) in [5.74, 6) is 2.52. The Labute approximate surface area is 158 Å². The van der Waals surface area contributed by atoms with Gasteiger partial charge in [-0.15, -0.1) is 0 Å². The first-order chi connectivity index (χ1) is 13.0. The summed E-state index contributed by atoms with van der Waals surface area (Å²) in [6.45, 7) is 3.73. The van der Waals surface area contributed by atoms with Gasteiger partial charge in [0.1, 0.15) is 24.7 Å². The number of fused-ring (bicyclic) bond motifs is 1. The molecule has 0 saturated heterocycles. The number of aliphatic hydroxyl groups excluding tert-OH is 2. The van der Waals surface area contributed by atoms with Crippen LogP contribution in [0.15, 0.2) is 60.7 Å². The second-order valence-electron chi connectivity index (χ2n) is 6.51. The van der Waals surface area contributed by atoms with Gasteiger partial charge >= 0.3 is 0 Å². The van der Waals surface area contributed by atoms with Gasteiger partial charge in [0.15, 0.2) is 11.5 Å². The molecule has 5 nitrogen and oxygen atoms in total. The lowest BCUT2D eigenvalue weighted by atomic mass is 10.1. The third-order valence-corrected chi connectivity index (χ3v) is 3.84. The van der Waals surface area contributed by atoms with Gasteiger partial charge < -0.3 is 24.4 Å². The second kappa shape index (κ2) is 8.75. The molecule has 0 bridgehead atoms. The number of hydrogen-bond donors (Lipinski definition) is 2. The van der Waals surface area contributed by atoms with E-state index in [0.29, 0.717) is 23.0 Å². The highest BCUT2D eigenvalue weighted by atomic mass is 16.5. The van der Waals surface area contributed by atoms with Crippen LogP contribution in [0.2, 0.25) is 0 Å². The molecule has 3 aromatic rings. The summed E-state index contributed by atoms with van der Waals surface area (Å²) >= 11 is 0. The van der Waals surface area contributed by atoms with Crippen molar-refractivity contribution in [3.05, 3.63) is 60.7 Å². The zero-order chi connectivity index (χ0) is 19.2. The summed E-state index contributed by atoms with van der Waals surface area (Å²) in [7, 11) is 0. The third kappa shape index (κ3) is 5.12. The molecule has 2 N–H and O–H groups in total. The van der Waals surface area contributed by atoms with Gasteiger partial charge in [-0.1, -0.05) is 24.3 Å². The first kappa shape index (κ1) is 19.0. The summed E-state index contributed by atoms with van der Waals surface area (Å²) in [5, 5.41) is 20.8. The predicted octanol–water partition coefficient (Wildman–Crippen LogP) is 4.15. The molecule has 0 aromatic heterocycles. The lowest BCUT2D eigenvalue weighted by molar-refractivity contribution is 0.122. The molecule has 3 aromatic carbocycles. The van der Waals surface area contributed by atoms with Crippen LogP contribution in [0.1, 0.15) is 13.8 Å². The van der Waals surface area contributed by atoms with E-state index in [2.05, 4.69) is 0 Å². The fraction of sp³-hybridized carbons (Fsp3) is 0.273. The lowest BCUT2D eigenvalue weighted by Crippen LogP contribution is -2.13. The zero-order valence-corrected chi connectivity index (χ0v) is 15.5. The number of para-hydroxylation sites is 1. The van der Waals surface area contributed by atoms with Gasteiger partial charge in [0.25, 0.3) is 0 Å². The van der Waals surface area contributed by atoms with Crippen LogP contribution in [0.4, 0.5) is 0 Å². The molecule has 0 saturated carbocycles. The van der Waals surface area contributed by atoms with Gasteiger partial charge in [-0.2, -0.15) is 0 Å². The Morgan fingerprint density at radius 3 is 2.19 bits per heavy atom. The first-order valence-corrected chi connectivity index (χ1v) is 8.94. The van der Waals surface area contributed by atoms with E-state index in [1.54, 1.807) is 13.8 Å². The molecule has 0 aliphatic carbocycles. The Hall–Kier alpha value is -2.76. The Balaban J connectivity index is 1.96. The molecule has 3 rings (SSSR count). The predicted molar refractivity (Wildman–Crippen MR) is 105 cm³/mol. The molecule has 27 heavy (non-hydrogen) atoms. The van der Waals surface area contributed by atoms with Crippen molar-refractivity contribution in [2.45, 2.75) is 26.1 Å². The van der Waals surface area contributed by atoms with E-state index in [1.165, 1.54) is 0 Å². The molecule has 2 atom stereocenters. The van der Waals surface area contributed by atoms with Crippen molar-refractivity contribution in [2.24, 2.45) is 0 Å². The molecular formula is C22H24O5. The minimum Gasteiger partial charge on any atom is -0.491 e. The largest absolute Gasteiger partial charge is 0.491 e. The van der Waals surface area contributed by atoms with Crippen LogP contribution >= 0.6 is 0 Å². The van der Waals surface area contributed by atoms with Gasteiger partial charge in [0, 0.05) is 5.39 Å². The molecule has 0 fully saturated rings. The molecule has 0 aliphatic rings. The molecule has 0 amide bonds. The summed E-state index contributed by atoms with van der Waals surface area (Å²) in [6.07, 6.45) is -1.13. The first-order valence-electron chi connectivity index (χ1n) is 8.94. The summed E-state index contributed by atoms with van der Waals surface area (Å²) in [6, 6.07) is 18.8. The van der Waals surface area contributed by atoms with Gasteiger partial charge in [-0.25, -0.2) is 0 Å². The zero-order valence-electron chi connectivity index (χ0n) is 15.5. The summed E-state index contributed by atoms with van der Waals surface area (Å²) < 4.78 is 17.4. The maximum Gasteiger partial charge on any atom is 0.169 e. The van der Waals surface area contributed by atoms with Crippen molar-refractivity contribution in [3.8, 4) is 23.0 Å². The molecular weight excluding hydrogens is 344 g/mol. The van der Waals surface area contributed by atoms with E-state index < -0.39 is 12.2 Å². The van der Waals surface area contributed by atoms with Crippen molar-refractivity contribution in [1.82, 2.24) is 0 Å². The highest BCUT2D eigenvalue weighted by Crippen LogP contribution is 2.39. The normalized spacial score (nSPS) is 13.2. The monoisotopic (exact) mass is 368 g/mol. The van der Waals surface area contributed by atoms with E-state index in [-0.39, 0.29) is 13.2 Å². The second-order valence-corrected chi connectivity index (χ2v) is 6.51. The topological polar surface area (TPSA) is 68.2 Å². The maximum absolute atomic E-state index is 9.62. The number of hydrogen-bond acceptors (Lipinski definition) is 5. The van der Waals surface area contributed by atoms with E-state index in [4.69, 9.17) is 14.2 Å². The van der Waals surface area contributed by atoms with E-state index >= 15 is 0 Å². The summed E-state index contributed by atoms with van der Waals surface area (Å²) in [5.41, 5.74) is 0. The van der Waals surface area contributed by atoms with Crippen LogP contribution in [-0.4, -0.2) is 35.6 Å². The van der Waals surface area contributed by atoms with Crippen molar-refractivity contribution < 1.29 is 24.4 Å². The molecule has 0 aliphatic heterocycles. The van der Waals surface area contributed by atoms with Crippen molar-refractivity contribution in [1.29, 1.82) is 0 Å². The Bertz CT molecular complexity index is 875. The van der Waals surface area contributed by atoms with Crippen LogP contribution in [0.5, 0.6) is 23.0 Å². The number of aliphatic hydroxyl groups is 2. The van der Waals surface area contributed by atoms with Gasteiger partial charge in [0.05, 0.1) is 12.2 Å². The molecule has 142 valence electrons. The van der Waals surface area contributed by atoms with Crippen LogP contribution < -0.4 is 14.2 Å². The standard InChI is InChI=1S/C22H24O5/c1-15(23)13-25-19-9-10-20-17(12-19)8-11-21(22(20)26-14-16(2)24)27-18-6-4-3-5-7-18/h3-12,15-16,23-24H,13-14H2,1-2H3. The Kier molecular flexibility index (Phi) is 6.16. The van der Waals surface area contributed by atoms with Crippen LogP contribution in [0.3, 0.4) is 0 Å². The number of rotatable bonds is 8. The molecule has 0 radical (unpaired) electrons. The highest BCUT2D eigenvalue weighted by molar-refractivity contribution is 5.92. The highest BCUT2D eigenvalue weighted by Gasteiger charge is 2.13. The van der Waals surface area contributed by atoms with Crippen LogP contribution in [0, 0.1) is 0 Å². The molecule has 0 heterocycles. The van der Waals surface area contributed by atoms with Gasteiger partial charge in [-0.05, 0) is 55.6 Å². The average Bonchev–Trinajstić information content (AvgIpc) is 2.66. The molecule has 2 unspecified atom stereocenters. The Morgan fingerprint density at radius 2 is 1.48 bits per heavy atom. The van der Waals surface area contributed by atoms with Crippen molar-refractivity contribution >= 4 is 10.8 Å². The molecule has 0 spiro atoms. The summed E-state index contributed by atoms with van der Waals surface area (Å²) in [4.78, 5) is 0. The van der Waals surface area contributed by atoms with Gasteiger partial charge in [0.2, 0.25) is 0 Å².